The Morgan fingerprint density at radius 1 is 1.16 bits per heavy atom. The number of thioether (sulfide) groups is 1. The number of hydrogen-bond acceptors (Lipinski definition) is 4. The van der Waals surface area contributed by atoms with Crippen molar-refractivity contribution in [2.24, 2.45) is 0 Å². The monoisotopic (exact) mass is 353 g/mol. The van der Waals surface area contributed by atoms with Gasteiger partial charge in [0.05, 0.1) is 12.8 Å². The SMILES string of the molecule is C=CCSc1nnc(-c2ccc(C(C)(C)C)cc2)n1Cc1ccco1. The van der Waals surface area contributed by atoms with Crippen molar-refractivity contribution in [3.63, 3.8) is 0 Å². The van der Waals surface area contributed by atoms with Crippen LogP contribution in [0.2, 0.25) is 0 Å². The Balaban J connectivity index is 1.97. The summed E-state index contributed by atoms with van der Waals surface area (Å²) in [4.78, 5) is 0. The molecule has 4 nitrogen and oxygen atoms in total. The van der Waals surface area contributed by atoms with Crippen molar-refractivity contribution in [3.05, 3.63) is 66.6 Å². The first-order valence-corrected chi connectivity index (χ1v) is 9.28. The minimum atomic E-state index is 0.130. The van der Waals surface area contributed by atoms with E-state index in [0.29, 0.717) is 6.54 Å². The first-order valence-electron chi connectivity index (χ1n) is 8.29. The van der Waals surface area contributed by atoms with Crippen molar-refractivity contribution in [2.45, 2.75) is 37.9 Å². The molecule has 0 atom stereocenters. The Kier molecular flexibility index (Phi) is 5.13. The van der Waals surface area contributed by atoms with Gasteiger partial charge in [0.15, 0.2) is 11.0 Å². The van der Waals surface area contributed by atoms with Crippen molar-refractivity contribution in [2.75, 3.05) is 5.75 Å². The molecule has 25 heavy (non-hydrogen) atoms. The molecule has 0 spiro atoms. The summed E-state index contributed by atoms with van der Waals surface area (Å²) in [5.41, 5.74) is 2.48. The van der Waals surface area contributed by atoms with Gasteiger partial charge in [-0.15, -0.1) is 16.8 Å². The number of hydrogen-bond donors (Lipinski definition) is 0. The maximum absolute atomic E-state index is 5.52. The van der Waals surface area contributed by atoms with Gasteiger partial charge in [0.2, 0.25) is 0 Å². The van der Waals surface area contributed by atoms with Gasteiger partial charge >= 0.3 is 0 Å². The predicted molar refractivity (Wildman–Crippen MR) is 103 cm³/mol. The van der Waals surface area contributed by atoms with Crippen LogP contribution in [0.1, 0.15) is 32.1 Å². The third-order valence-corrected chi connectivity index (χ3v) is 4.91. The molecular formula is C20H23N3OS. The van der Waals surface area contributed by atoms with Crippen molar-refractivity contribution in [1.29, 1.82) is 0 Å². The van der Waals surface area contributed by atoms with Crippen molar-refractivity contribution in [1.82, 2.24) is 14.8 Å². The molecule has 3 aromatic rings. The van der Waals surface area contributed by atoms with Gasteiger partial charge in [-0.25, -0.2) is 0 Å². The number of rotatable bonds is 6. The fourth-order valence-corrected chi connectivity index (χ4v) is 3.24. The third kappa shape index (κ3) is 4.04. The van der Waals surface area contributed by atoms with Gasteiger partial charge in [0.25, 0.3) is 0 Å². The van der Waals surface area contributed by atoms with E-state index in [2.05, 4.69) is 66.4 Å². The second kappa shape index (κ2) is 7.31. The van der Waals surface area contributed by atoms with Gasteiger partial charge in [-0.1, -0.05) is 62.9 Å². The zero-order valence-electron chi connectivity index (χ0n) is 14.9. The van der Waals surface area contributed by atoms with Crippen LogP contribution in [0.5, 0.6) is 0 Å². The van der Waals surface area contributed by atoms with Gasteiger partial charge in [0.1, 0.15) is 5.76 Å². The van der Waals surface area contributed by atoms with Gasteiger partial charge in [-0.3, -0.25) is 4.57 Å². The molecule has 0 aliphatic carbocycles. The van der Waals surface area contributed by atoms with E-state index in [1.807, 2.05) is 18.2 Å². The average molecular weight is 353 g/mol. The second-order valence-electron chi connectivity index (χ2n) is 6.90. The third-order valence-electron chi connectivity index (χ3n) is 3.95. The molecule has 0 fully saturated rings. The molecule has 3 rings (SSSR count). The fourth-order valence-electron chi connectivity index (χ4n) is 2.56. The van der Waals surface area contributed by atoms with E-state index in [9.17, 15) is 0 Å². The highest BCUT2D eigenvalue weighted by Gasteiger charge is 2.17. The van der Waals surface area contributed by atoms with Crippen LogP contribution >= 0.6 is 11.8 Å². The molecule has 0 saturated heterocycles. The summed E-state index contributed by atoms with van der Waals surface area (Å²) in [6, 6.07) is 12.4. The Morgan fingerprint density at radius 2 is 1.92 bits per heavy atom. The molecule has 1 aromatic carbocycles. The molecular weight excluding hydrogens is 330 g/mol. The summed E-state index contributed by atoms with van der Waals surface area (Å²) in [6.07, 6.45) is 3.56. The van der Waals surface area contributed by atoms with E-state index in [0.717, 1.165) is 28.1 Å². The lowest BCUT2D eigenvalue weighted by Crippen LogP contribution is -2.10. The Bertz CT molecular complexity index is 827. The molecule has 0 saturated carbocycles. The van der Waals surface area contributed by atoms with E-state index < -0.39 is 0 Å². The Labute approximate surface area is 153 Å². The lowest BCUT2D eigenvalue weighted by molar-refractivity contribution is 0.485. The minimum Gasteiger partial charge on any atom is -0.467 e. The van der Waals surface area contributed by atoms with Crippen LogP contribution in [0.3, 0.4) is 0 Å². The summed E-state index contributed by atoms with van der Waals surface area (Å²) in [6.45, 7) is 11.0. The van der Waals surface area contributed by atoms with E-state index in [-0.39, 0.29) is 5.41 Å². The molecule has 2 heterocycles. The maximum atomic E-state index is 5.52. The van der Waals surface area contributed by atoms with Crippen LogP contribution in [0.25, 0.3) is 11.4 Å². The predicted octanol–water partition coefficient (Wildman–Crippen LogP) is 5.16. The largest absolute Gasteiger partial charge is 0.467 e. The van der Waals surface area contributed by atoms with Crippen LogP contribution in [-0.2, 0) is 12.0 Å². The van der Waals surface area contributed by atoms with Crippen LogP contribution in [-0.4, -0.2) is 20.5 Å². The van der Waals surface area contributed by atoms with Crippen LogP contribution in [0.15, 0.2) is 64.9 Å². The molecule has 2 aromatic heterocycles. The lowest BCUT2D eigenvalue weighted by Gasteiger charge is -2.19. The molecule has 130 valence electrons. The average Bonchev–Trinajstić information content (AvgIpc) is 3.23. The highest BCUT2D eigenvalue weighted by molar-refractivity contribution is 7.99. The standard InChI is InChI=1S/C20H23N3OS/c1-5-13-25-19-22-21-18(23(19)14-17-7-6-12-24-17)15-8-10-16(11-9-15)20(2,3)4/h5-12H,1,13-14H2,2-4H3. The molecule has 0 aliphatic heterocycles. The quantitative estimate of drug-likeness (QED) is 0.453. The second-order valence-corrected chi connectivity index (χ2v) is 7.89. The van der Waals surface area contributed by atoms with E-state index in [1.54, 1.807) is 18.0 Å². The summed E-state index contributed by atoms with van der Waals surface area (Å²) < 4.78 is 7.61. The maximum Gasteiger partial charge on any atom is 0.192 e. The Morgan fingerprint density at radius 3 is 2.52 bits per heavy atom. The topological polar surface area (TPSA) is 43.9 Å². The first-order chi connectivity index (χ1) is 12.0. The lowest BCUT2D eigenvalue weighted by atomic mass is 9.87. The highest BCUT2D eigenvalue weighted by Crippen LogP contribution is 2.28. The van der Waals surface area contributed by atoms with Crippen LogP contribution in [0, 0.1) is 0 Å². The van der Waals surface area contributed by atoms with Gasteiger partial charge < -0.3 is 4.42 Å². The van der Waals surface area contributed by atoms with E-state index in [1.165, 1.54) is 5.56 Å². The fraction of sp³-hybridized carbons (Fsp3) is 0.300. The van der Waals surface area contributed by atoms with Crippen molar-refractivity contribution >= 4 is 11.8 Å². The molecule has 0 N–H and O–H groups in total. The van der Waals surface area contributed by atoms with Gasteiger partial charge in [0, 0.05) is 11.3 Å². The van der Waals surface area contributed by atoms with Crippen molar-refractivity contribution in [3.8, 4) is 11.4 Å². The zero-order valence-corrected chi connectivity index (χ0v) is 15.7. The summed E-state index contributed by atoms with van der Waals surface area (Å²) in [7, 11) is 0. The summed E-state index contributed by atoms with van der Waals surface area (Å²) in [5, 5.41) is 9.66. The number of furan rings is 1. The van der Waals surface area contributed by atoms with Crippen LogP contribution in [0.4, 0.5) is 0 Å². The molecule has 0 radical (unpaired) electrons. The summed E-state index contributed by atoms with van der Waals surface area (Å²) >= 11 is 1.62. The zero-order chi connectivity index (χ0) is 17.9. The number of benzene rings is 1. The number of nitrogens with zero attached hydrogens (tertiary/aromatic N) is 3. The molecule has 0 bridgehead atoms. The smallest absolute Gasteiger partial charge is 0.192 e. The Hall–Kier alpha value is -2.27. The van der Waals surface area contributed by atoms with Crippen LogP contribution < -0.4 is 0 Å². The van der Waals surface area contributed by atoms with E-state index >= 15 is 0 Å². The number of aromatic nitrogens is 3. The van der Waals surface area contributed by atoms with E-state index in [4.69, 9.17) is 4.42 Å². The molecule has 0 amide bonds. The van der Waals surface area contributed by atoms with Gasteiger partial charge in [-0.2, -0.15) is 0 Å². The molecule has 5 heteroatoms. The minimum absolute atomic E-state index is 0.130. The molecule has 0 unspecified atom stereocenters. The van der Waals surface area contributed by atoms with Gasteiger partial charge in [-0.05, 0) is 23.1 Å². The van der Waals surface area contributed by atoms with Crippen molar-refractivity contribution < 1.29 is 4.42 Å². The normalized spacial score (nSPS) is 11.6. The summed E-state index contributed by atoms with van der Waals surface area (Å²) in [5.74, 6) is 2.52. The highest BCUT2D eigenvalue weighted by atomic mass is 32.2. The molecule has 0 aliphatic rings. The first kappa shape index (κ1) is 17.5.